The summed E-state index contributed by atoms with van der Waals surface area (Å²) in [4.78, 5) is 0. The molecule has 1 aliphatic rings. The van der Waals surface area contributed by atoms with Gasteiger partial charge in [0.1, 0.15) is 11.5 Å². The molecule has 0 atom stereocenters. The predicted molar refractivity (Wildman–Crippen MR) is 261 cm³/mol. The van der Waals surface area contributed by atoms with Crippen LogP contribution in [-0.4, -0.2) is 13.2 Å². The summed E-state index contributed by atoms with van der Waals surface area (Å²) in [6.45, 7) is 39.1. The highest BCUT2D eigenvalue weighted by molar-refractivity contribution is 5.58. The van der Waals surface area contributed by atoms with E-state index in [0.717, 1.165) is 75.7 Å². The van der Waals surface area contributed by atoms with Crippen molar-refractivity contribution in [1.82, 2.24) is 0 Å². The van der Waals surface area contributed by atoms with E-state index in [0.29, 0.717) is 13.2 Å². The number of benzene rings is 4. The van der Waals surface area contributed by atoms with Crippen molar-refractivity contribution in [3.05, 3.63) is 126 Å². The second-order valence-electron chi connectivity index (χ2n) is 22.4. The average Bonchev–Trinajstić information content (AvgIpc) is 3.14. The first kappa shape index (κ1) is 47.5. The molecule has 60 heavy (non-hydrogen) atoms. The molecule has 4 aromatic rings. The molecule has 2 heteroatoms. The fraction of sp³-hybridized carbons (Fsp3) is 0.586. The summed E-state index contributed by atoms with van der Waals surface area (Å²) in [7, 11) is 0. The molecule has 1 aliphatic carbocycles. The van der Waals surface area contributed by atoms with Crippen LogP contribution in [0.5, 0.6) is 11.5 Å². The van der Waals surface area contributed by atoms with E-state index in [9.17, 15) is 0 Å². The highest BCUT2D eigenvalue weighted by Gasteiger charge is 2.28. The van der Waals surface area contributed by atoms with Crippen molar-refractivity contribution in [2.24, 2.45) is 0 Å². The van der Waals surface area contributed by atoms with Crippen LogP contribution in [0.15, 0.2) is 48.5 Å². The molecule has 0 heterocycles. The van der Waals surface area contributed by atoms with Crippen molar-refractivity contribution in [2.75, 3.05) is 13.2 Å². The zero-order valence-electron chi connectivity index (χ0n) is 41.3. The Balaban J connectivity index is 2.02. The lowest BCUT2D eigenvalue weighted by Gasteiger charge is -2.29. The Morgan fingerprint density at radius 3 is 0.783 bits per heavy atom. The number of hydrogen-bond donors (Lipinski definition) is 0. The third-order valence-electron chi connectivity index (χ3n) is 12.8. The normalized spacial score (nSPS) is 13.7. The molecule has 0 N–H and O–H groups in total. The van der Waals surface area contributed by atoms with Crippen molar-refractivity contribution in [2.45, 2.75) is 209 Å². The maximum absolute atomic E-state index is 7.03. The molecule has 4 aromatic carbocycles. The second kappa shape index (κ2) is 19.3. The first-order valence-electron chi connectivity index (χ1n) is 24.0. The molecule has 2 nitrogen and oxygen atoms in total. The van der Waals surface area contributed by atoms with Gasteiger partial charge in [-0.1, -0.05) is 172 Å². The molecular weight excluding hydrogens is 729 g/mol. The quantitative estimate of drug-likeness (QED) is 0.125. The van der Waals surface area contributed by atoms with E-state index in [1.807, 2.05) is 0 Å². The Morgan fingerprint density at radius 2 is 0.583 bits per heavy atom. The summed E-state index contributed by atoms with van der Waals surface area (Å²) in [5, 5.41) is 0. The zero-order chi connectivity index (χ0) is 44.2. The van der Waals surface area contributed by atoms with Gasteiger partial charge in [-0.05, 0) is 138 Å². The number of rotatable bonds is 12. The summed E-state index contributed by atoms with van der Waals surface area (Å²) >= 11 is 0. The van der Waals surface area contributed by atoms with Crippen LogP contribution in [0.3, 0.4) is 0 Å². The Labute approximate surface area is 368 Å². The lowest BCUT2D eigenvalue weighted by atomic mass is 9.77. The van der Waals surface area contributed by atoms with Crippen LogP contribution in [0, 0.1) is 0 Å². The van der Waals surface area contributed by atoms with Gasteiger partial charge in [0.2, 0.25) is 0 Å². The molecule has 0 amide bonds. The summed E-state index contributed by atoms with van der Waals surface area (Å²) in [6, 6.07) is 20.3. The van der Waals surface area contributed by atoms with Crippen molar-refractivity contribution < 1.29 is 9.47 Å². The van der Waals surface area contributed by atoms with E-state index in [1.165, 1.54) is 90.7 Å². The van der Waals surface area contributed by atoms with Gasteiger partial charge in [0.05, 0.1) is 13.2 Å². The first-order valence-corrected chi connectivity index (χ1v) is 24.0. The third-order valence-corrected chi connectivity index (χ3v) is 12.8. The Hall–Kier alpha value is -3.52. The highest BCUT2D eigenvalue weighted by Crippen LogP contribution is 2.42. The molecule has 328 valence electrons. The van der Waals surface area contributed by atoms with E-state index in [4.69, 9.17) is 9.47 Å². The maximum atomic E-state index is 7.03. The smallest absolute Gasteiger partial charge is 0.126 e. The van der Waals surface area contributed by atoms with Crippen LogP contribution in [0.25, 0.3) is 0 Å². The largest absolute Gasteiger partial charge is 0.493 e. The molecule has 0 aliphatic heterocycles. The molecule has 0 saturated carbocycles. The minimum atomic E-state index is -0.0110. The van der Waals surface area contributed by atoms with E-state index >= 15 is 0 Å². The van der Waals surface area contributed by atoms with Crippen molar-refractivity contribution in [1.29, 1.82) is 0 Å². The molecular formula is C58H84O2. The van der Waals surface area contributed by atoms with Gasteiger partial charge in [-0.3, -0.25) is 0 Å². The van der Waals surface area contributed by atoms with Crippen molar-refractivity contribution >= 4 is 0 Å². The standard InChI is InChI=1S/C58H84O2/c1-17-21-23-51-39-27-43-35-49(57(11,12)13)37-45(53(43)59-25-19-3)29-41-33-48(56(8,9)10)34-42(52(41)24-22-18-2)30-46-38-50(58(14,15)16)36-44(54(46)60-26-20-4)28-40(51)32-47(31-39)55(5,6)7/h31-38H,17-30H2,1-16H3. The fourth-order valence-corrected chi connectivity index (χ4v) is 8.94. The number of unbranched alkanes of at least 4 members (excludes halogenated alkanes) is 2. The summed E-state index contributed by atoms with van der Waals surface area (Å²) < 4.78 is 14.1. The first-order chi connectivity index (χ1) is 28.1. The summed E-state index contributed by atoms with van der Waals surface area (Å²) in [5.41, 5.74) is 19.8. The Kier molecular flexibility index (Phi) is 15.3. The van der Waals surface area contributed by atoms with Crippen molar-refractivity contribution in [3.8, 4) is 11.5 Å². The van der Waals surface area contributed by atoms with Crippen molar-refractivity contribution in [3.63, 3.8) is 0 Å². The van der Waals surface area contributed by atoms with Gasteiger partial charge in [0.15, 0.2) is 0 Å². The molecule has 0 unspecified atom stereocenters. The van der Waals surface area contributed by atoms with Gasteiger partial charge < -0.3 is 9.47 Å². The van der Waals surface area contributed by atoms with E-state index < -0.39 is 0 Å². The molecule has 0 aromatic heterocycles. The molecule has 8 bridgehead atoms. The van der Waals surface area contributed by atoms with Gasteiger partial charge in [-0.2, -0.15) is 0 Å². The van der Waals surface area contributed by atoms with E-state index in [2.05, 4.69) is 159 Å². The number of ether oxygens (including phenoxy) is 2. The average molecular weight is 813 g/mol. The summed E-state index contributed by atoms with van der Waals surface area (Å²) in [5.74, 6) is 2.22. The third kappa shape index (κ3) is 11.5. The maximum Gasteiger partial charge on any atom is 0.126 e. The van der Waals surface area contributed by atoms with Gasteiger partial charge in [-0.25, -0.2) is 0 Å². The zero-order valence-corrected chi connectivity index (χ0v) is 41.3. The SMILES string of the molecule is CCCCc1c2cc(C(C)(C)C)cc1Cc1cc(C(C)(C)C)cc(c1OCCC)Cc1cc(C(C)(C)C)cc(c1CCCC)Cc1cc(C(C)(C)C)cc(c1OCCC)C2. The second-order valence-corrected chi connectivity index (χ2v) is 22.4. The van der Waals surface area contributed by atoms with Crippen LogP contribution in [-0.2, 0) is 60.2 Å². The van der Waals surface area contributed by atoms with Gasteiger partial charge in [0, 0.05) is 25.7 Å². The minimum absolute atomic E-state index is 0.00405. The predicted octanol–water partition coefficient (Wildman–Crippen LogP) is 15.8. The van der Waals surface area contributed by atoms with Crippen LogP contribution in [0.1, 0.15) is 227 Å². The Morgan fingerprint density at radius 1 is 0.350 bits per heavy atom. The van der Waals surface area contributed by atoms with Crippen LogP contribution in [0.2, 0.25) is 0 Å². The lowest BCUT2D eigenvalue weighted by Crippen LogP contribution is -2.18. The van der Waals surface area contributed by atoms with Gasteiger partial charge in [0.25, 0.3) is 0 Å². The Bertz CT molecular complexity index is 1690. The van der Waals surface area contributed by atoms with Crippen LogP contribution < -0.4 is 9.47 Å². The van der Waals surface area contributed by atoms with Gasteiger partial charge in [-0.15, -0.1) is 0 Å². The van der Waals surface area contributed by atoms with Crippen LogP contribution in [0.4, 0.5) is 0 Å². The monoisotopic (exact) mass is 813 g/mol. The van der Waals surface area contributed by atoms with Gasteiger partial charge >= 0.3 is 0 Å². The fourth-order valence-electron chi connectivity index (χ4n) is 8.94. The molecule has 5 rings (SSSR count). The number of fused-ring (bicyclic) bond motifs is 8. The van der Waals surface area contributed by atoms with E-state index in [1.54, 1.807) is 0 Å². The molecule has 0 spiro atoms. The summed E-state index contributed by atoms with van der Waals surface area (Å²) in [6.07, 6.45) is 12.2. The number of hydrogen-bond acceptors (Lipinski definition) is 2. The molecule has 0 saturated heterocycles. The topological polar surface area (TPSA) is 18.5 Å². The molecule has 0 fully saturated rings. The van der Waals surface area contributed by atoms with E-state index in [-0.39, 0.29) is 21.7 Å². The van der Waals surface area contributed by atoms with Crippen LogP contribution >= 0.6 is 0 Å². The highest BCUT2D eigenvalue weighted by atomic mass is 16.5. The lowest BCUT2D eigenvalue weighted by molar-refractivity contribution is 0.311. The minimum Gasteiger partial charge on any atom is -0.493 e. The molecule has 0 radical (unpaired) electrons.